The second kappa shape index (κ2) is 12.2. The number of rotatable bonds is 9. The Hall–Kier alpha value is -3.16. The van der Waals surface area contributed by atoms with E-state index in [1.54, 1.807) is 38.1 Å². The van der Waals surface area contributed by atoms with Crippen LogP contribution in [0.1, 0.15) is 84.6 Å². The second-order valence-electron chi connectivity index (χ2n) is 13.4. The predicted octanol–water partition coefficient (Wildman–Crippen LogP) is 5.52. The molecule has 7 atom stereocenters. The Morgan fingerprint density at radius 2 is 1.81 bits per heavy atom. The minimum atomic E-state index is -0.867. The number of amides is 1. The molecule has 1 aromatic rings. The summed E-state index contributed by atoms with van der Waals surface area (Å²) in [6, 6.07) is 5.62. The summed E-state index contributed by atoms with van der Waals surface area (Å²) in [4.78, 5) is 43.1. The van der Waals surface area contributed by atoms with Gasteiger partial charge in [-0.25, -0.2) is 4.79 Å². The molecule has 0 radical (unpaired) electrons. The highest BCUT2D eigenvalue weighted by Crippen LogP contribution is 2.66. The molecule has 0 aliphatic heterocycles. The van der Waals surface area contributed by atoms with E-state index in [4.69, 9.17) is 9.57 Å². The smallest absolute Gasteiger partial charge is 0.328 e. The summed E-state index contributed by atoms with van der Waals surface area (Å²) in [5, 5.41) is 16.6. The van der Waals surface area contributed by atoms with E-state index in [0.717, 1.165) is 43.4 Å². The van der Waals surface area contributed by atoms with Gasteiger partial charge in [0.2, 0.25) is 0 Å². The molecule has 1 amide bonds. The molecule has 4 aliphatic carbocycles. The molecule has 0 bridgehead atoms. The van der Waals surface area contributed by atoms with E-state index in [2.05, 4.69) is 30.4 Å². The van der Waals surface area contributed by atoms with Crippen molar-refractivity contribution in [1.82, 2.24) is 5.32 Å². The van der Waals surface area contributed by atoms with E-state index in [1.807, 2.05) is 0 Å². The molecule has 8 heteroatoms. The first-order chi connectivity index (χ1) is 20.0. The van der Waals surface area contributed by atoms with Crippen molar-refractivity contribution in [2.24, 2.45) is 39.7 Å². The van der Waals surface area contributed by atoms with Crippen molar-refractivity contribution in [1.29, 1.82) is 0 Å². The van der Waals surface area contributed by atoms with Crippen molar-refractivity contribution in [3.8, 4) is 5.75 Å². The molecular weight excluding hydrogens is 532 g/mol. The molecule has 4 aliphatic rings. The zero-order valence-corrected chi connectivity index (χ0v) is 25.5. The Kier molecular flexibility index (Phi) is 8.81. The maximum Gasteiger partial charge on any atom is 0.328 e. The molecule has 1 aromatic carbocycles. The number of Topliss-reactive ketones (excluding diaryl/α,β-unsaturated/α-hetero) is 1. The fourth-order valence-corrected chi connectivity index (χ4v) is 9.02. The van der Waals surface area contributed by atoms with Gasteiger partial charge in [0.15, 0.2) is 6.61 Å². The molecule has 5 rings (SSSR count). The van der Waals surface area contributed by atoms with E-state index in [0.29, 0.717) is 23.5 Å². The number of aromatic hydroxyl groups is 1. The molecule has 2 N–H and O–H groups in total. The van der Waals surface area contributed by atoms with Gasteiger partial charge in [-0.15, -0.1) is 0 Å². The van der Waals surface area contributed by atoms with Crippen molar-refractivity contribution in [2.45, 2.75) is 91.5 Å². The molecule has 0 unspecified atom stereocenters. The number of oxime groups is 1. The maximum atomic E-state index is 12.7. The number of esters is 1. The van der Waals surface area contributed by atoms with Crippen LogP contribution in [0.2, 0.25) is 0 Å². The van der Waals surface area contributed by atoms with Crippen LogP contribution in [0.25, 0.3) is 0 Å². The molecule has 0 aromatic heterocycles. The topological polar surface area (TPSA) is 114 Å². The molecule has 0 heterocycles. The zero-order valence-electron chi connectivity index (χ0n) is 25.5. The van der Waals surface area contributed by atoms with Crippen LogP contribution < -0.4 is 5.32 Å². The summed E-state index contributed by atoms with van der Waals surface area (Å²) in [7, 11) is 0. The van der Waals surface area contributed by atoms with Crippen LogP contribution in [-0.4, -0.2) is 47.7 Å². The first-order valence-corrected chi connectivity index (χ1v) is 15.7. The quantitative estimate of drug-likeness (QED) is 0.295. The van der Waals surface area contributed by atoms with E-state index in [1.165, 1.54) is 24.8 Å². The van der Waals surface area contributed by atoms with Gasteiger partial charge < -0.3 is 20.0 Å². The number of carbonyl (C=O) groups is 3. The third-order valence-corrected chi connectivity index (χ3v) is 11.1. The third kappa shape index (κ3) is 5.86. The average Bonchev–Trinajstić information content (AvgIpc) is 3.31. The van der Waals surface area contributed by atoms with Gasteiger partial charge >= 0.3 is 5.97 Å². The van der Waals surface area contributed by atoms with Crippen molar-refractivity contribution < 1.29 is 29.1 Å². The Morgan fingerprint density at radius 1 is 1.05 bits per heavy atom. The number of nitrogens with one attached hydrogen (secondary N) is 1. The van der Waals surface area contributed by atoms with E-state index >= 15 is 0 Å². The SMILES string of the molecule is CCOC(=O)[C@H](Cc1ccc(O)cc1)NC(=O)CO/N=C1\C=C2CC[C@@H]3[C@@H]4CC[C@@H](C(C)=O)[C@@]4(C)CC[C@@H]3[C@@]2(C)CC1. The molecule has 0 saturated heterocycles. The van der Waals surface area contributed by atoms with Crippen LogP contribution in [0.15, 0.2) is 41.1 Å². The van der Waals surface area contributed by atoms with Gasteiger partial charge in [-0.05, 0) is 118 Å². The number of benzene rings is 1. The Bertz CT molecular complexity index is 1250. The fourth-order valence-electron chi connectivity index (χ4n) is 9.02. The average molecular weight is 579 g/mol. The van der Waals surface area contributed by atoms with Crippen LogP contribution in [0.3, 0.4) is 0 Å². The Morgan fingerprint density at radius 3 is 2.52 bits per heavy atom. The Balaban J connectivity index is 1.19. The van der Waals surface area contributed by atoms with Gasteiger partial charge in [0, 0.05) is 12.3 Å². The number of fused-ring (bicyclic) bond motifs is 5. The number of hydrogen-bond donors (Lipinski definition) is 2. The molecular formula is C34H46N2O6. The van der Waals surface area contributed by atoms with Gasteiger partial charge in [0.05, 0.1) is 12.3 Å². The number of hydrogen-bond acceptors (Lipinski definition) is 7. The summed E-state index contributed by atoms with van der Waals surface area (Å²) >= 11 is 0. The minimum Gasteiger partial charge on any atom is -0.508 e. The van der Waals surface area contributed by atoms with E-state index in [-0.39, 0.29) is 42.1 Å². The molecule has 228 valence electrons. The number of ether oxygens (including phenoxy) is 1. The van der Waals surface area contributed by atoms with Crippen LogP contribution >= 0.6 is 0 Å². The lowest BCUT2D eigenvalue weighted by atomic mass is 9.46. The highest BCUT2D eigenvalue weighted by atomic mass is 16.6. The fraction of sp³-hybridized carbons (Fsp3) is 0.647. The van der Waals surface area contributed by atoms with Crippen molar-refractivity contribution >= 4 is 23.4 Å². The standard InChI is InChI=1S/C34H46N2O6/c1-5-41-32(40)30(18-22-6-9-25(38)10-7-22)35-31(39)20-42-36-24-14-16-33(3)23(19-24)8-11-26-28-13-12-27(21(2)37)34(28,4)17-15-29(26)33/h6-7,9-10,19,26-30,38H,5,8,11-18,20H2,1-4H3,(H,35,39)/b36-24-/t26-,27+,28+,29+,30+,33+,34-/m1/s1. The maximum absolute atomic E-state index is 12.7. The van der Waals surface area contributed by atoms with Crippen molar-refractivity contribution in [3.05, 3.63) is 41.5 Å². The summed E-state index contributed by atoms with van der Waals surface area (Å²) < 4.78 is 5.15. The van der Waals surface area contributed by atoms with Gasteiger partial charge in [-0.2, -0.15) is 0 Å². The van der Waals surface area contributed by atoms with Crippen LogP contribution in [0.4, 0.5) is 0 Å². The number of allylic oxidation sites excluding steroid dienone is 2. The first-order valence-electron chi connectivity index (χ1n) is 15.7. The highest BCUT2D eigenvalue weighted by molar-refractivity contribution is 5.96. The second-order valence-corrected chi connectivity index (χ2v) is 13.4. The molecule has 8 nitrogen and oxygen atoms in total. The summed E-state index contributed by atoms with van der Waals surface area (Å²) in [5.74, 6) is 1.74. The van der Waals surface area contributed by atoms with Crippen LogP contribution in [0, 0.1) is 34.5 Å². The predicted molar refractivity (Wildman–Crippen MR) is 160 cm³/mol. The monoisotopic (exact) mass is 578 g/mol. The van der Waals surface area contributed by atoms with Crippen molar-refractivity contribution in [2.75, 3.05) is 13.2 Å². The normalized spacial score (nSPS) is 33.4. The largest absolute Gasteiger partial charge is 0.508 e. The van der Waals surface area contributed by atoms with Gasteiger partial charge in [-0.3, -0.25) is 9.59 Å². The van der Waals surface area contributed by atoms with E-state index in [9.17, 15) is 19.5 Å². The molecule has 42 heavy (non-hydrogen) atoms. The number of ketones is 1. The van der Waals surface area contributed by atoms with Crippen molar-refractivity contribution in [3.63, 3.8) is 0 Å². The summed E-state index contributed by atoms with van der Waals surface area (Å²) in [6.45, 7) is 8.25. The molecule has 3 fully saturated rings. The lowest BCUT2D eigenvalue weighted by molar-refractivity contribution is -0.147. The number of carbonyl (C=O) groups excluding carboxylic acids is 3. The van der Waals surface area contributed by atoms with Crippen LogP contribution in [0.5, 0.6) is 5.75 Å². The summed E-state index contributed by atoms with van der Waals surface area (Å²) in [5.41, 5.74) is 3.40. The summed E-state index contributed by atoms with van der Waals surface area (Å²) in [6.07, 6.45) is 11.0. The molecule has 0 spiro atoms. The van der Waals surface area contributed by atoms with Gasteiger partial charge in [0.25, 0.3) is 5.91 Å². The minimum absolute atomic E-state index is 0.132. The van der Waals surface area contributed by atoms with Gasteiger partial charge in [0.1, 0.15) is 17.6 Å². The number of phenolic OH excluding ortho intramolecular Hbond substituents is 1. The third-order valence-electron chi connectivity index (χ3n) is 11.1. The lowest BCUT2D eigenvalue weighted by Gasteiger charge is -2.58. The lowest BCUT2D eigenvalue weighted by Crippen LogP contribution is -2.51. The van der Waals surface area contributed by atoms with E-state index < -0.39 is 17.9 Å². The Labute approximate surface area is 249 Å². The zero-order chi connectivity index (χ0) is 30.1. The van der Waals surface area contributed by atoms with Crippen LogP contribution in [-0.2, 0) is 30.4 Å². The van der Waals surface area contributed by atoms with Gasteiger partial charge in [-0.1, -0.05) is 36.7 Å². The first kappa shape index (κ1) is 30.3. The number of nitrogens with zero attached hydrogens (tertiary/aromatic N) is 1. The molecule has 3 saturated carbocycles. The highest BCUT2D eigenvalue weighted by Gasteiger charge is 2.59. The number of phenols is 1.